The Balaban J connectivity index is 1.55. The van der Waals surface area contributed by atoms with Gasteiger partial charge in [-0.1, -0.05) is 72.8 Å². The van der Waals surface area contributed by atoms with E-state index >= 15 is 0 Å². The first kappa shape index (κ1) is 17.9. The Hall–Kier alpha value is -3.44. The Bertz CT molecular complexity index is 1110. The highest BCUT2D eigenvalue weighted by Crippen LogP contribution is 2.17. The van der Waals surface area contributed by atoms with Crippen molar-refractivity contribution in [3.63, 3.8) is 0 Å². The van der Waals surface area contributed by atoms with Crippen LogP contribution in [0.4, 0.5) is 0 Å². The molecule has 0 amide bonds. The summed E-state index contributed by atoms with van der Waals surface area (Å²) in [6.07, 6.45) is 0. The minimum atomic E-state index is -0.0903. The minimum absolute atomic E-state index is 0.0903. The summed E-state index contributed by atoms with van der Waals surface area (Å²) in [4.78, 5) is 17.8. The van der Waals surface area contributed by atoms with Crippen LogP contribution in [0.2, 0.25) is 0 Å². The average Bonchev–Trinajstić information content (AvgIpc) is 2.76. The molecule has 4 rings (SSSR count). The highest BCUT2D eigenvalue weighted by atomic mass is 16.1. The monoisotopic (exact) mass is 370 g/mol. The highest BCUT2D eigenvalue weighted by Gasteiger charge is 2.12. The van der Waals surface area contributed by atoms with Crippen molar-refractivity contribution in [2.75, 3.05) is 18.5 Å². The third-order valence-electron chi connectivity index (χ3n) is 4.55. The zero-order chi connectivity index (χ0) is 19.2. The summed E-state index contributed by atoms with van der Waals surface area (Å²) in [6, 6.07) is 27.5. The van der Waals surface area contributed by atoms with Crippen LogP contribution in [0.25, 0.3) is 22.3 Å². The largest absolute Gasteiger partial charge is 0.320 e. The van der Waals surface area contributed by atoms with Crippen molar-refractivity contribution in [2.45, 2.75) is 6.54 Å². The van der Waals surface area contributed by atoms with Crippen LogP contribution in [0.15, 0.2) is 89.7 Å². The van der Waals surface area contributed by atoms with Gasteiger partial charge < -0.3 is 10.7 Å². The molecule has 4 aromatic rings. The molecule has 3 aromatic carbocycles. The van der Waals surface area contributed by atoms with E-state index in [9.17, 15) is 4.79 Å². The van der Waals surface area contributed by atoms with Crippen molar-refractivity contribution in [3.8, 4) is 11.4 Å². The Labute approximate surface area is 163 Å². The van der Waals surface area contributed by atoms with Gasteiger partial charge >= 0.3 is 0 Å². The number of rotatable bonds is 7. The lowest BCUT2D eigenvalue weighted by Crippen LogP contribution is -2.35. The normalized spacial score (nSPS) is 10.9. The van der Waals surface area contributed by atoms with Crippen molar-refractivity contribution in [3.05, 3.63) is 101 Å². The maximum Gasteiger partial charge on any atom is 0.280 e. The van der Waals surface area contributed by atoms with Crippen LogP contribution in [-0.4, -0.2) is 22.7 Å². The van der Waals surface area contributed by atoms with Gasteiger partial charge in [-0.15, -0.1) is 0 Å². The molecule has 0 fully saturated rings. The Kier molecular flexibility index (Phi) is 5.45. The van der Waals surface area contributed by atoms with E-state index in [0.717, 1.165) is 18.7 Å². The molecule has 0 bridgehead atoms. The molecule has 0 aliphatic rings. The number of benzene rings is 3. The van der Waals surface area contributed by atoms with Crippen molar-refractivity contribution in [2.24, 2.45) is 0 Å². The fraction of sp³-hybridized carbons (Fsp3) is 0.130. The summed E-state index contributed by atoms with van der Waals surface area (Å²) in [5.41, 5.74) is 5.98. The first-order chi connectivity index (χ1) is 13.8. The summed E-state index contributed by atoms with van der Waals surface area (Å²) >= 11 is 0. The van der Waals surface area contributed by atoms with Crippen LogP contribution < -0.4 is 16.3 Å². The first-order valence-electron chi connectivity index (χ1n) is 9.39. The van der Waals surface area contributed by atoms with Crippen molar-refractivity contribution >= 4 is 10.9 Å². The third kappa shape index (κ3) is 3.94. The van der Waals surface area contributed by atoms with Crippen LogP contribution in [0.1, 0.15) is 5.56 Å². The molecule has 5 heteroatoms. The summed E-state index contributed by atoms with van der Waals surface area (Å²) in [5, 5.41) is 3.99. The maximum absolute atomic E-state index is 13.0. The molecular weight excluding hydrogens is 348 g/mol. The van der Waals surface area contributed by atoms with Gasteiger partial charge in [0.05, 0.1) is 10.9 Å². The van der Waals surface area contributed by atoms with Gasteiger partial charge in [0.1, 0.15) is 0 Å². The van der Waals surface area contributed by atoms with E-state index in [1.165, 1.54) is 5.56 Å². The number of hydrogen-bond acceptors (Lipinski definition) is 4. The van der Waals surface area contributed by atoms with Gasteiger partial charge in [-0.2, -0.15) is 0 Å². The second-order valence-corrected chi connectivity index (χ2v) is 6.53. The summed E-state index contributed by atoms with van der Waals surface area (Å²) in [7, 11) is 0. The van der Waals surface area contributed by atoms with Gasteiger partial charge in [-0.05, 0) is 17.7 Å². The second kappa shape index (κ2) is 8.50. The van der Waals surface area contributed by atoms with Crippen LogP contribution in [-0.2, 0) is 6.54 Å². The molecule has 1 heterocycles. The molecule has 2 N–H and O–H groups in total. The zero-order valence-electron chi connectivity index (χ0n) is 15.5. The molecule has 0 saturated carbocycles. The van der Waals surface area contributed by atoms with E-state index in [1.807, 2.05) is 72.8 Å². The third-order valence-corrected chi connectivity index (χ3v) is 4.55. The van der Waals surface area contributed by atoms with E-state index in [0.29, 0.717) is 23.3 Å². The van der Waals surface area contributed by atoms with Gasteiger partial charge in [0, 0.05) is 25.2 Å². The smallest absolute Gasteiger partial charge is 0.280 e. The van der Waals surface area contributed by atoms with E-state index in [2.05, 4.69) is 22.9 Å². The SMILES string of the molecule is O=c1c2ccccc2nc(-c2ccccc2)n1NCCNCc1ccccc1. The van der Waals surface area contributed by atoms with Crippen LogP contribution in [0, 0.1) is 0 Å². The average molecular weight is 370 g/mol. The second-order valence-electron chi connectivity index (χ2n) is 6.53. The fourth-order valence-corrected chi connectivity index (χ4v) is 3.14. The number of para-hydroxylation sites is 1. The predicted octanol–water partition coefficient (Wildman–Crippen LogP) is 3.40. The topological polar surface area (TPSA) is 59.0 Å². The predicted molar refractivity (Wildman–Crippen MR) is 114 cm³/mol. The molecule has 140 valence electrons. The van der Waals surface area contributed by atoms with E-state index in [4.69, 9.17) is 4.98 Å². The molecular formula is C23H22N4O. The molecule has 28 heavy (non-hydrogen) atoms. The molecule has 0 aliphatic heterocycles. The van der Waals surface area contributed by atoms with E-state index in [-0.39, 0.29) is 5.56 Å². The quantitative estimate of drug-likeness (QED) is 0.490. The van der Waals surface area contributed by atoms with Gasteiger partial charge in [-0.25, -0.2) is 9.66 Å². The van der Waals surface area contributed by atoms with Crippen molar-refractivity contribution in [1.29, 1.82) is 0 Å². The molecule has 0 saturated heterocycles. The first-order valence-corrected chi connectivity index (χ1v) is 9.39. The molecule has 0 radical (unpaired) electrons. The Morgan fingerprint density at radius 3 is 2.25 bits per heavy atom. The summed E-state index contributed by atoms with van der Waals surface area (Å²) in [6.45, 7) is 2.12. The molecule has 0 atom stereocenters. The fourth-order valence-electron chi connectivity index (χ4n) is 3.14. The van der Waals surface area contributed by atoms with Crippen molar-refractivity contribution in [1.82, 2.24) is 15.0 Å². The number of nitrogens with zero attached hydrogens (tertiary/aromatic N) is 2. The van der Waals surface area contributed by atoms with Gasteiger partial charge in [0.2, 0.25) is 0 Å². The number of aromatic nitrogens is 2. The summed E-state index contributed by atoms with van der Waals surface area (Å²) in [5.74, 6) is 0.618. The van der Waals surface area contributed by atoms with Gasteiger partial charge in [-0.3, -0.25) is 4.79 Å². The lowest BCUT2D eigenvalue weighted by atomic mass is 10.2. The van der Waals surface area contributed by atoms with Crippen LogP contribution in [0.3, 0.4) is 0 Å². The van der Waals surface area contributed by atoms with E-state index in [1.54, 1.807) is 4.68 Å². The molecule has 0 unspecified atom stereocenters. The number of nitrogens with one attached hydrogen (secondary N) is 2. The molecule has 5 nitrogen and oxygen atoms in total. The lowest BCUT2D eigenvalue weighted by Gasteiger charge is -2.16. The Morgan fingerprint density at radius 2 is 1.46 bits per heavy atom. The van der Waals surface area contributed by atoms with Gasteiger partial charge in [0.15, 0.2) is 5.82 Å². The van der Waals surface area contributed by atoms with E-state index < -0.39 is 0 Å². The standard InChI is InChI=1S/C23H22N4O/c28-23-20-13-7-8-14-21(20)26-22(19-11-5-2-6-12-19)27(23)25-16-15-24-17-18-9-3-1-4-10-18/h1-14,24-25H,15-17H2. The zero-order valence-corrected chi connectivity index (χ0v) is 15.5. The van der Waals surface area contributed by atoms with Gasteiger partial charge in [0.25, 0.3) is 5.56 Å². The maximum atomic E-state index is 13.0. The minimum Gasteiger partial charge on any atom is -0.320 e. The van der Waals surface area contributed by atoms with Crippen molar-refractivity contribution < 1.29 is 0 Å². The van der Waals surface area contributed by atoms with Crippen LogP contribution >= 0.6 is 0 Å². The number of fused-ring (bicyclic) bond motifs is 1. The van der Waals surface area contributed by atoms with Crippen LogP contribution in [0.5, 0.6) is 0 Å². The molecule has 0 aliphatic carbocycles. The molecule has 1 aromatic heterocycles. The molecule has 0 spiro atoms. The lowest BCUT2D eigenvalue weighted by molar-refractivity contribution is 0.673. The summed E-state index contributed by atoms with van der Waals surface area (Å²) < 4.78 is 1.56. The highest BCUT2D eigenvalue weighted by molar-refractivity contribution is 5.79. The number of hydrogen-bond donors (Lipinski definition) is 2. The Morgan fingerprint density at radius 1 is 0.786 bits per heavy atom.